The smallest absolute Gasteiger partial charge is 0.246 e. The molecule has 0 radical (unpaired) electrons. The van der Waals surface area contributed by atoms with E-state index < -0.39 is 0 Å². The van der Waals surface area contributed by atoms with E-state index in [1.165, 1.54) is 4.68 Å². The first kappa shape index (κ1) is 15.5. The maximum atomic E-state index is 12.1. The van der Waals surface area contributed by atoms with Crippen molar-refractivity contribution in [1.82, 2.24) is 15.0 Å². The number of nitrogens with zero attached hydrogens (tertiary/aromatic N) is 3. The molecule has 0 aliphatic heterocycles. The number of nitrogens with two attached hydrogens (primary N) is 1. The normalized spacial score (nSPS) is 10.7. The Balaban J connectivity index is 2.04. The fraction of sp³-hybridized carbons (Fsp3) is 0.357. The van der Waals surface area contributed by atoms with Crippen LogP contribution in [0, 0.1) is 13.8 Å². The van der Waals surface area contributed by atoms with Crippen LogP contribution in [0.5, 0.6) is 0 Å². The second-order valence-corrected chi connectivity index (χ2v) is 5.34. The number of nitrogens with one attached hydrogen (secondary N) is 1. The third-order valence-corrected chi connectivity index (χ3v) is 3.29. The first-order valence-electron chi connectivity index (χ1n) is 6.65. The molecule has 0 fully saturated rings. The third kappa shape index (κ3) is 4.03. The summed E-state index contributed by atoms with van der Waals surface area (Å²) in [4.78, 5) is 12.1. The van der Waals surface area contributed by atoms with Crippen LogP contribution in [0.2, 0.25) is 5.02 Å². The standard InChI is InChI=1S/C14H18ClN5O/c1-9-5-10(2)14(12(15)6-9)17-13(21)8-20-7-11(3-4-16)18-19-20/h5-7H,3-4,8,16H2,1-2H3,(H,17,21). The van der Waals surface area contributed by atoms with Crippen LogP contribution in [0.1, 0.15) is 16.8 Å². The molecule has 0 aliphatic rings. The third-order valence-electron chi connectivity index (χ3n) is 2.99. The van der Waals surface area contributed by atoms with E-state index in [0.29, 0.717) is 23.7 Å². The van der Waals surface area contributed by atoms with Gasteiger partial charge in [0.2, 0.25) is 5.91 Å². The summed E-state index contributed by atoms with van der Waals surface area (Å²) in [6.07, 6.45) is 2.36. The molecule has 0 saturated carbocycles. The lowest BCUT2D eigenvalue weighted by Gasteiger charge is -2.11. The predicted molar refractivity (Wildman–Crippen MR) is 82.3 cm³/mol. The number of carbonyl (C=O) groups excluding carboxylic acids is 1. The summed E-state index contributed by atoms with van der Waals surface area (Å²) in [7, 11) is 0. The average molecular weight is 308 g/mol. The molecule has 112 valence electrons. The van der Waals surface area contributed by atoms with Gasteiger partial charge >= 0.3 is 0 Å². The van der Waals surface area contributed by atoms with E-state index in [9.17, 15) is 4.79 Å². The fourth-order valence-corrected chi connectivity index (χ4v) is 2.45. The Bertz CT molecular complexity index is 630. The number of hydrogen-bond donors (Lipinski definition) is 2. The molecule has 6 nitrogen and oxygen atoms in total. The van der Waals surface area contributed by atoms with Crippen molar-refractivity contribution in [2.24, 2.45) is 5.73 Å². The van der Waals surface area contributed by atoms with Crippen molar-refractivity contribution in [3.63, 3.8) is 0 Å². The second kappa shape index (κ2) is 6.69. The van der Waals surface area contributed by atoms with Crippen LogP contribution in [-0.2, 0) is 17.8 Å². The first-order chi connectivity index (χ1) is 9.99. The molecule has 7 heteroatoms. The highest BCUT2D eigenvalue weighted by Gasteiger charge is 2.11. The highest BCUT2D eigenvalue weighted by atomic mass is 35.5. The summed E-state index contributed by atoms with van der Waals surface area (Å²) in [5, 5.41) is 11.2. The minimum atomic E-state index is -0.201. The number of hydrogen-bond acceptors (Lipinski definition) is 4. The lowest BCUT2D eigenvalue weighted by atomic mass is 10.1. The van der Waals surface area contributed by atoms with Gasteiger partial charge in [0.05, 0.1) is 16.4 Å². The summed E-state index contributed by atoms with van der Waals surface area (Å²) >= 11 is 6.16. The highest BCUT2D eigenvalue weighted by Crippen LogP contribution is 2.27. The Hall–Kier alpha value is -1.92. The van der Waals surface area contributed by atoms with Crippen molar-refractivity contribution < 1.29 is 4.79 Å². The molecule has 3 N–H and O–H groups in total. The van der Waals surface area contributed by atoms with Crippen molar-refractivity contribution >= 4 is 23.2 Å². The topological polar surface area (TPSA) is 85.8 Å². The van der Waals surface area contributed by atoms with Crippen molar-refractivity contribution in [3.05, 3.63) is 40.2 Å². The molecule has 0 bridgehead atoms. The van der Waals surface area contributed by atoms with E-state index in [-0.39, 0.29) is 12.5 Å². The van der Waals surface area contributed by atoms with Gasteiger partial charge in [-0.25, -0.2) is 4.68 Å². The van der Waals surface area contributed by atoms with Crippen LogP contribution in [0.3, 0.4) is 0 Å². The zero-order valence-electron chi connectivity index (χ0n) is 12.1. The van der Waals surface area contributed by atoms with Gasteiger partial charge in [-0.1, -0.05) is 22.9 Å². The minimum absolute atomic E-state index is 0.0845. The molecule has 1 aromatic carbocycles. The minimum Gasteiger partial charge on any atom is -0.330 e. The number of aryl methyl sites for hydroxylation is 2. The van der Waals surface area contributed by atoms with Gasteiger partial charge in [-0.05, 0) is 37.6 Å². The van der Waals surface area contributed by atoms with Gasteiger partial charge in [-0.2, -0.15) is 0 Å². The summed E-state index contributed by atoms with van der Waals surface area (Å²) in [6.45, 7) is 4.45. The van der Waals surface area contributed by atoms with Crippen LogP contribution < -0.4 is 11.1 Å². The molecule has 2 rings (SSSR count). The number of halogens is 1. The Morgan fingerprint density at radius 1 is 1.43 bits per heavy atom. The van der Waals surface area contributed by atoms with Gasteiger partial charge in [0, 0.05) is 12.6 Å². The second-order valence-electron chi connectivity index (χ2n) is 4.93. The van der Waals surface area contributed by atoms with Crippen LogP contribution in [0.15, 0.2) is 18.3 Å². The fourth-order valence-electron chi connectivity index (χ4n) is 2.08. The van der Waals surface area contributed by atoms with Crippen molar-refractivity contribution in [3.8, 4) is 0 Å². The maximum Gasteiger partial charge on any atom is 0.246 e. The van der Waals surface area contributed by atoms with E-state index in [1.54, 1.807) is 6.20 Å². The molecular formula is C14H18ClN5O. The predicted octanol–water partition coefficient (Wildman–Crippen LogP) is 1.69. The van der Waals surface area contributed by atoms with Gasteiger partial charge in [-0.3, -0.25) is 4.79 Å². The van der Waals surface area contributed by atoms with E-state index in [1.807, 2.05) is 26.0 Å². The molecule has 0 spiro atoms. The molecule has 0 aliphatic carbocycles. The molecule has 1 heterocycles. The van der Waals surface area contributed by atoms with Gasteiger partial charge in [0.25, 0.3) is 0 Å². The van der Waals surface area contributed by atoms with Crippen molar-refractivity contribution in [2.45, 2.75) is 26.8 Å². The van der Waals surface area contributed by atoms with Gasteiger partial charge < -0.3 is 11.1 Å². The zero-order valence-corrected chi connectivity index (χ0v) is 12.8. The number of rotatable bonds is 5. The molecule has 0 unspecified atom stereocenters. The molecular weight excluding hydrogens is 290 g/mol. The Morgan fingerprint density at radius 2 is 2.19 bits per heavy atom. The van der Waals surface area contributed by atoms with E-state index in [0.717, 1.165) is 16.8 Å². The summed E-state index contributed by atoms with van der Waals surface area (Å²) in [5.41, 5.74) is 8.84. The highest BCUT2D eigenvalue weighted by molar-refractivity contribution is 6.34. The van der Waals surface area contributed by atoms with Crippen molar-refractivity contribution in [2.75, 3.05) is 11.9 Å². The number of benzene rings is 1. The molecule has 2 aromatic rings. The SMILES string of the molecule is Cc1cc(C)c(NC(=O)Cn2cc(CCN)nn2)c(Cl)c1. The number of aromatic nitrogens is 3. The largest absolute Gasteiger partial charge is 0.330 e. The Labute approximate surface area is 128 Å². The number of anilines is 1. The van der Waals surface area contributed by atoms with Crippen LogP contribution in [0.25, 0.3) is 0 Å². The molecule has 21 heavy (non-hydrogen) atoms. The Kier molecular flexibility index (Phi) is 4.93. The Morgan fingerprint density at radius 3 is 2.86 bits per heavy atom. The van der Waals surface area contributed by atoms with Crippen LogP contribution >= 0.6 is 11.6 Å². The maximum absolute atomic E-state index is 12.1. The molecule has 1 amide bonds. The summed E-state index contributed by atoms with van der Waals surface area (Å²) in [5.74, 6) is -0.201. The molecule has 0 atom stereocenters. The quantitative estimate of drug-likeness (QED) is 0.880. The van der Waals surface area contributed by atoms with E-state index in [4.69, 9.17) is 17.3 Å². The lowest BCUT2D eigenvalue weighted by molar-refractivity contribution is -0.116. The number of amides is 1. The zero-order chi connectivity index (χ0) is 15.4. The molecule has 0 saturated heterocycles. The average Bonchev–Trinajstić information content (AvgIpc) is 2.81. The van der Waals surface area contributed by atoms with Gasteiger partial charge in [0.1, 0.15) is 6.54 Å². The van der Waals surface area contributed by atoms with Crippen LogP contribution in [-0.4, -0.2) is 27.4 Å². The number of carbonyl (C=O) groups is 1. The summed E-state index contributed by atoms with van der Waals surface area (Å²) in [6, 6.07) is 3.79. The lowest BCUT2D eigenvalue weighted by Crippen LogP contribution is -2.20. The molecule has 1 aromatic heterocycles. The van der Waals surface area contributed by atoms with E-state index >= 15 is 0 Å². The monoisotopic (exact) mass is 307 g/mol. The van der Waals surface area contributed by atoms with Crippen molar-refractivity contribution in [1.29, 1.82) is 0 Å². The van der Waals surface area contributed by atoms with Gasteiger partial charge in [-0.15, -0.1) is 5.10 Å². The first-order valence-corrected chi connectivity index (χ1v) is 7.03. The summed E-state index contributed by atoms with van der Waals surface area (Å²) < 4.78 is 1.48. The van der Waals surface area contributed by atoms with E-state index in [2.05, 4.69) is 15.6 Å². The van der Waals surface area contributed by atoms with Crippen LogP contribution in [0.4, 0.5) is 5.69 Å². The van der Waals surface area contributed by atoms with Gasteiger partial charge in [0.15, 0.2) is 0 Å².